The third-order valence-electron chi connectivity index (χ3n) is 3.42. The van der Waals surface area contributed by atoms with E-state index in [0.29, 0.717) is 6.42 Å². The molecule has 1 N–H and O–H groups in total. The van der Waals surface area contributed by atoms with E-state index in [2.05, 4.69) is 5.32 Å². The molecule has 0 aromatic carbocycles. The normalized spacial score (nSPS) is 42.2. The van der Waals surface area contributed by atoms with E-state index in [9.17, 15) is 8.78 Å². The Kier molecular flexibility index (Phi) is 2.30. The Morgan fingerprint density at radius 2 is 2.15 bits per heavy atom. The van der Waals surface area contributed by atoms with Crippen molar-refractivity contribution in [3.63, 3.8) is 0 Å². The maximum atomic E-state index is 13.6. The first kappa shape index (κ1) is 9.38. The largest absolute Gasteiger partial charge is 0.311 e. The minimum Gasteiger partial charge on any atom is -0.311 e. The molecule has 2 rings (SSSR count). The fourth-order valence-corrected chi connectivity index (χ4v) is 2.83. The first-order valence-corrected chi connectivity index (χ1v) is 5.27. The molecule has 2 saturated heterocycles. The topological polar surface area (TPSA) is 12.0 Å². The lowest BCUT2D eigenvalue weighted by molar-refractivity contribution is -0.0986. The van der Waals surface area contributed by atoms with Gasteiger partial charge in [-0.15, -0.1) is 0 Å². The summed E-state index contributed by atoms with van der Waals surface area (Å²) >= 11 is 0. The van der Waals surface area contributed by atoms with Gasteiger partial charge in [0, 0.05) is 24.4 Å². The van der Waals surface area contributed by atoms with Crippen molar-refractivity contribution >= 4 is 0 Å². The van der Waals surface area contributed by atoms with E-state index in [1.54, 1.807) is 0 Å². The van der Waals surface area contributed by atoms with Gasteiger partial charge in [0.15, 0.2) is 0 Å². The van der Waals surface area contributed by atoms with Crippen LogP contribution in [-0.2, 0) is 0 Å². The quantitative estimate of drug-likeness (QED) is 0.704. The van der Waals surface area contributed by atoms with Crippen LogP contribution < -0.4 is 5.32 Å². The molecule has 3 unspecified atom stereocenters. The Bertz CT molecular complexity index is 193. The zero-order valence-electron chi connectivity index (χ0n) is 8.02. The van der Waals surface area contributed by atoms with Gasteiger partial charge in [0.25, 0.3) is 5.92 Å². The van der Waals surface area contributed by atoms with Crippen LogP contribution in [0.3, 0.4) is 0 Å². The van der Waals surface area contributed by atoms with Gasteiger partial charge in [0.1, 0.15) is 0 Å². The Morgan fingerprint density at radius 1 is 1.38 bits per heavy atom. The highest BCUT2D eigenvalue weighted by Crippen LogP contribution is 2.44. The van der Waals surface area contributed by atoms with Crippen molar-refractivity contribution in [2.24, 2.45) is 5.92 Å². The average Bonchev–Trinajstić information content (AvgIpc) is 2.42. The van der Waals surface area contributed by atoms with Crippen molar-refractivity contribution in [1.82, 2.24) is 5.32 Å². The van der Waals surface area contributed by atoms with Crippen LogP contribution in [0.15, 0.2) is 0 Å². The SMILES string of the molecule is CCCC1C2CCC(CC1(F)F)N2. The Hall–Kier alpha value is -0.180. The molecule has 2 fully saturated rings. The number of rotatable bonds is 2. The second-order valence-electron chi connectivity index (χ2n) is 4.41. The summed E-state index contributed by atoms with van der Waals surface area (Å²) in [6, 6.07) is 0.182. The van der Waals surface area contributed by atoms with E-state index in [-0.39, 0.29) is 18.5 Å². The number of hydrogen-bond acceptors (Lipinski definition) is 1. The monoisotopic (exact) mass is 189 g/mol. The van der Waals surface area contributed by atoms with E-state index in [1.807, 2.05) is 6.92 Å². The second-order valence-corrected chi connectivity index (χ2v) is 4.41. The fraction of sp³-hybridized carbons (Fsp3) is 1.00. The number of alkyl halides is 2. The van der Waals surface area contributed by atoms with Crippen molar-refractivity contribution in [2.75, 3.05) is 0 Å². The van der Waals surface area contributed by atoms with E-state index >= 15 is 0 Å². The van der Waals surface area contributed by atoms with Crippen molar-refractivity contribution in [3.05, 3.63) is 0 Å². The predicted octanol–water partition coefficient (Wildman–Crippen LogP) is 2.56. The summed E-state index contributed by atoms with van der Waals surface area (Å²) in [5.74, 6) is -2.82. The summed E-state index contributed by atoms with van der Waals surface area (Å²) in [6.07, 6.45) is 3.49. The van der Waals surface area contributed by atoms with Gasteiger partial charge in [0.05, 0.1) is 0 Å². The van der Waals surface area contributed by atoms with Crippen LogP contribution in [0.25, 0.3) is 0 Å². The molecule has 0 radical (unpaired) electrons. The Labute approximate surface area is 77.9 Å². The van der Waals surface area contributed by atoms with Gasteiger partial charge in [-0.25, -0.2) is 8.78 Å². The molecule has 2 aliphatic heterocycles. The fourth-order valence-electron chi connectivity index (χ4n) is 2.83. The highest BCUT2D eigenvalue weighted by atomic mass is 19.3. The molecule has 3 atom stereocenters. The standard InChI is InChI=1S/C10H17F2N/c1-2-3-8-9-5-4-7(13-9)6-10(8,11)12/h7-9,13H,2-6H2,1H3. The summed E-state index contributed by atoms with van der Waals surface area (Å²) in [5, 5.41) is 3.30. The molecule has 0 saturated carbocycles. The maximum Gasteiger partial charge on any atom is 0.253 e. The zero-order valence-corrected chi connectivity index (χ0v) is 8.02. The number of nitrogens with one attached hydrogen (secondary N) is 1. The molecule has 0 spiro atoms. The van der Waals surface area contributed by atoms with Crippen LogP contribution in [0.4, 0.5) is 8.78 Å². The van der Waals surface area contributed by atoms with Crippen molar-refractivity contribution in [2.45, 2.75) is 57.0 Å². The molecule has 3 heteroatoms. The van der Waals surface area contributed by atoms with Crippen molar-refractivity contribution < 1.29 is 8.78 Å². The first-order valence-electron chi connectivity index (χ1n) is 5.27. The van der Waals surface area contributed by atoms with Gasteiger partial charge in [0.2, 0.25) is 0 Å². The van der Waals surface area contributed by atoms with Gasteiger partial charge in [-0.3, -0.25) is 0 Å². The third-order valence-corrected chi connectivity index (χ3v) is 3.42. The maximum absolute atomic E-state index is 13.6. The minimum absolute atomic E-state index is 0.0637. The number of halogens is 2. The molecule has 76 valence electrons. The zero-order chi connectivity index (χ0) is 9.47. The molecule has 1 nitrogen and oxygen atoms in total. The third kappa shape index (κ3) is 1.58. The van der Waals surface area contributed by atoms with E-state index in [4.69, 9.17) is 0 Å². The minimum atomic E-state index is -2.41. The summed E-state index contributed by atoms with van der Waals surface area (Å²) in [6.45, 7) is 1.98. The van der Waals surface area contributed by atoms with E-state index in [0.717, 1.165) is 19.3 Å². The van der Waals surface area contributed by atoms with Crippen LogP contribution in [0.1, 0.15) is 39.0 Å². The number of fused-ring (bicyclic) bond motifs is 2. The van der Waals surface area contributed by atoms with E-state index in [1.165, 1.54) is 0 Å². The van der Waals surface area contributed by atoms with Gasteiger partial charge >= 0.3 is 0 Å². The average molecular weight is 189 g/mol. The first-order chi connectivity index (χ1) is 6.13. The van der Waals surface area contributed by atoms with Crippen LogP contribution in [0.5, 0.6) is 0 Å². The highest BCUT2D eigenvalue weighted by Gasteiger charge is 2.51. The van der Waals surface area contributed by atoms with E-state index < -0.39 is 11.8 Å². The van der Waals surface area contributed by atoms with Crippen LogP contribution in [0, 0.1) is 5.92 Å². The van der Waals surface area contributed by atoms with Crippen LogP contribution in [0.2, 0.25) is 0 Å². The van der Waals surface area contributed by atoms with Gasteiger partial charge in [-0.2, -0.15) is 0 Å². The van der Waals surface area contributed by atoms with Crippen molar-refractivity contribution in [1.29, 1.82) is 0 Å². The number of piperidine rings is 1. The molecule has 0 amide bonds. The number of hydrogen-bond donors (Lipinski definition) is 1. The van der Waals surface area contributed by atoms with Gasteiger partial charge in [-0.1, -0.05) is 13.3 Å². The van der Waals surface area contributed by atoms with Gasteiger partial charge < -0.3 is 5.32 Å². The molecule has 0 aliphatic carbocycles. The predicted molar refractivity (Wildman–Crippen MR) is 47.9 cm³/mol. The van der Waals surface area contributed by atoms with Crippen LogP contribution >= 0.6 is 0 Å². The smallest absolute Gasteiger partial charge is 0.253 e. The van der Waals surface area contributed by atoms with Gasteiger partial charge in [-0.05, 0) is 19.3 Å². The molecular formula is C10H17F2N. The lowest BCUT2D eigenvalue weighted by atomic mass is 9.85. The highest BCUT2D eigenvalue weighted by molar-refractivity contribution is 5.01. The summed E-state index contributed by atoms with van der Waals surface area (Å²) in [7, 11) is 0. The summed E-state index contributed by atoms with van der Waals surface area (Å²) in [4.78, 5) is 0. The summed E-state index contributed by atoms with van der Waals surface area (Å²) < 4.78 is 27.1. The molecule has 2 heterocycles. The molecule has 2 aliphatic rings. The molecule has 0 aromatic rings. The molecule has 2 bridgehead atoms. The Morgan fingerprint density at radius 3 is 2.85 bits per heavy atom. The lowest BCUT2D eigenvalue weighted by Gasteiger charge is -2.37. The Balaban J connectivity index is 2.11. The molecular weight excluding hydrogens is 172 g/mol. The molecule has 0 aromatic heterocycles. The lowest BCUT2D eigenvalue weighted by Crippen LogP contribution is -2.51. The van der Waals surface area contributed by atoms with Crippen LogP contribution in [-0.4, -0.2) is 18.0 Å². The molecule has 13 heavy (non-hydrogen) atoms. The second kappa shape index (κ2) is 3.19. The summed E-state index contributed by atoms with van der Waals surface area (Å²) in [5.41, 5.74) is 0. The van der Waals surface area contributed by atoms with Crippen molar-refractivity contribution in [3.8, 4) is 0 Å².